The van der Waals surface area contributed by atoms with Gasteiger partial charge in [-0.2, -0.15) is 5.10 Å². The van der Waals surface area contributed by atoms with Crippen molar-refractivity contribution in [1.82, 2.24) is 25.3 Å². The third-order valence-corrected chi connectivity index (χ3v) is 9.73. The third kappa shape index (κ3) is 7.82. The lowest BCUT2D eigenvalue weighted by Crippen LogP contribution is -2.56. The molecule has 3 amide bonds. The first-order chi connectivity index (χ1) is 22.8. The quantitative estimate of drug-likeness (QED) is 0.334. The minimum absolute atomic E-state index is 0.0107. The molecule has 2 fully saturated rings. The van der Waals surface area contributed by atoms with Crippen LogP contribution in [0.2, 0.25) is 0 Å². The first kappa shape index (κ1) is 35.3. The number of benzene rings is 1. The van der Waals surface area contributed by atoms with Crippen molar-refractivity contribution in [3.63, 3.8) is 0 Å². The molecule has 3 aliphatic rings. The summed E-state index contributed by atoms with van der Waals surface area (Å²) in [5.41, 5.74) is -1.00. The van der Waals surface area contributed by atoms with Gasteiger partial charge >= 0.3 is 12.1 Å². The van der Waals surface area contributed by atoms with Crippen LogP contribution in [0, 0.1) is 5.92 Å². The Morgan fingerprint density at radius 1 is 1.12 bits per heavy atom. The molecule has 12 nitrogen and oxygen atoms in total. The van der Waals surface area contributed by atoms with E-state index in [-0.39, 0.29) is 25.5 Å². The molecular formula is C35H44BrN5O7. The van der Waals surface area contributed by atoms with E-state index in [1.165, 1.54) is 9.58 Å². The summed E-state index contributed by atoms with van der Waals surface area (Å²) >= 11 is 3.46. The summed E-state index contributed by atoms with van der Waals surface area (Å²) < 4.78 is 12.5. The second kappa shape index (κ2) is 14.6. The number of ether oxygens (including phenoxy) is 2. The topological polar surface area (TPSA) is 149 Å². The molecule has 5 atom stereocenters. The molecule has 1 aromatic heterocycles. The van der Waals surface area contributed by atoms with Crippen LogP contribution >= 0.6 is 15.9 Å². The van der Waals surface area contributed by atoms with Crippen LogP contribution in [-0.2, 0) is 23.9 Å². The Balaban J connectivity index is 1.50. The van der Waals surface area contributed by atoms with Gasteiger partial charge in [0.2, 0.25) is 11.8 Å². The Morgan fingerprint density at radius 2 is 1.88 bits per heavy atom. The van der Waals surface area contributed by atoms with Gasteiger partial charge in [0.05, 0.1) is 23.3 Å². The average molecular weight is 727 g/mol. The van der Waals surface area contributed by atoms with E-state index in [1.54, 1.807) is 33.9 Å². The summed E-state index contributed by atoms with van der Waals surface area (Å²) in [7, 11) is 0. The van der Waals surface area contributed by atoms with Crippen LogP contribution in [0.25, 0.3) is 11.1 Å². The molecule has 1 aromatic carbocycles. The lowest BCUT2D eigenvalue weighted by molar-refractivity contribution is -0.150. The Labute approximate surface area is 288 Å². The highest BCUT2D eigenvalue weighted by Gasteiger charge is 2.62. The number of hydrogen-bond donors (Lipinski definition) is 2. The van der Waals surface area contributed by atoms with Gasteiger partial charge in [-0.1, -0.05) is 55.3 Å². The lowest BCUT2D eigenvalue weighted by atomic mass is 10.0. The van der Waals surface area contributed by atoms with Gasteiger partial charge in [-0.3, -0.25) is 14.4 Å². The van der Waals surface area contributed by atoms with Gasteiger partial charge in [0, 0.05) is 24.4 Å². The molecule has 0 unspecified atom stereocenters. The molecule has 1 aliphatic carbocycles. The molecule has 258 valence electrons. The molecule has 0 spiro atoms. The highest BCUT2D eigenvalue weighted by Crippen LogP contribution is 2.46. The number of nitrogens with one attached hydrogen (secondary N) is 2. The number of aromatic nitrogens is 2. The Kier molecular flexibility index (Phi) is 10.8. The number of fused-ring (bicyclic) bond motifs is 2. The zero-order valence-electron chi connectivity index (χ0n) is 27.9. The second-order valence-corrected chi connectivity index (χ2v) is 14.4. The molecule has 1 saturated carbocycles. The number of rotatable bonds is 5. The molecule has 2 aromatic rings. The second-order valence-electron chi connectivity index (χ2n) is 13.6. The van der Waals surface area contributed by atoms with Crippen LogP contribution in [0.3, 0.4) is 0 Å². The maximum atomic E-state index is 14.3. The summed E-state index contributed by atoms with van der Waals surface area (Å²) in [6, 6.07) is 6.68. The Morgan fingerprint density at radius 3 is 2.58 bits per heavy atom. The standard InChI is InChI=1S/C35H44BrN5O7/c1-5-47-32(45)35-19-23(35)16-12-7-6-8-13-17-26(38-33(46)48-34(2,3)4)30(43)40-21-24(18-27(40)29(42)39-35)41-31(44)28(36)25(20-37-41)22-14-10-9-11-15-22/h9-12,14-16,20,23-24,26-27H,5-8,13,17-19,21H2,1-4H3,(H,38,46)(H,39,42)/t23-,24-,26+,27+,35-/m1/s1. The van der Waals surface area contributed by atoms with Gasteiger partial charge in [-0.25, -0.2) is 14.3 Å². The monoisotopic (exact) mass is 725 g/mol. The zero-order valence-corrected chi connectivity index (χ0v) is 29.5. The summed E-state index contributed by atoms with van der Waals surface area (Å²) in [6.45, 7) is 7.06. The number of halogens is 1. The van der Waals surface area contributed by atoms with Crippen LogP contribution < -0.4 is 16.2 Å². The van der Waals surface area contributed by atoms with E-state index in [4.69, 9.17) is 9.47 Å². The van der Waals surface area contributed by atoms with Crippen molar-refractivity contribution in [2.24, 2.45) is 5.92 Å². The fourth-order valence-corrected chi connectivity index (χ4v) is 6.99. The predicted molar refractivity (Wildman–Crippen MR) is 182 cm³/mol. The van der Waals surface area contributed by atoms with E-state index >= 15 is 0 Å². The highest BCUT2D eigenvalue weighted by atomic mass is 79.9. The maximum Gasteiger partial charge on any atom is 0.408 e. The minimum Gasteiger partial charge on any atom is -0.464 e. The summed E-state index contributed by atoms with van der Waals surface area (Å²) in [5.74, 6) is -1.76. The van der Waals surface area contributed by atoms with Crippen molar-refractivity contribution < 1.29 is 28.7 Å². The van der Waals surface area contributed by atoms with Crippen molar-refractivity contribution in [2.45, 2.75) is 102 Å². The average Bonchev–Trinajstić information content (AvgIpc) is 3.54. The number of esters is 1. The van der Waals surface area contributed by atoms with E-state index in [2.05, 4.69) is 31.7 Å². The van der Waals surface area contributed by atoms with Crippen molar-refractivity contribution in [3.8, 4) is 11.1 Å². The number of hydrogen-bond acceptors (Lipinski definition) is 8. The molecule has 2 N–H and O–H groups in total. The van der Waals surface area contributed by atoms with Gasteiger partial charge in [-0.15, -0.1) is 0 Å². The maximum absolute atomic E-state index is 14.3. The van der Waals surface area contributed by atoms with Crippen LogP contribution in [0.1, 0.15) is 78.7 Å². The number of carbonyl (C=O) groups is 4. The normalized spacial score (nSPS) is 26.3. The largest absolute Gasteiger partial charge is 0.464 e. The molecule has 48 heavy (non-hydrogen) atoms. The van der Waals surface area contributed by atoms with Gasteiger partial charge in [0.15, 0.2) is 0 Å². The fraction of sp³-hybridized carbons (Fsp3) is 0.543. The van der Waals surface area contributed by atoms with Crippen molar-refractivity contribution in [3.05, 3.63) is 63.5 Å². The van der Waals surface area contributed by atoms with E-state index in [0.717, 1.165) is 24.8 Å². The van der Waals surface area contributed by atoms with Crippen molar-refractivity contribution >= 4 is 39.8 Å². The number of carbonyl (C=O) groups excluding carboxylic acids is 4. The third-order valence-electron chi connectivity index (χ3n) is 8.96. The van der Waals surface area contributed by atoms with Crippen LogP contribution in [0.5, 0.6) is 0 Å². The summed E-state index contributed by atoms with van der Waals surface area (Å²) in [5, 5.41) is 10.2. The smallest absolute Gasteiger partial charge is 0.408 e. The molecule has 3 heterocycles. The number of alkyl carbamates (subject to hydrolysis) is 1. The van der Waals surface area contributed by atoms with Crippen LogP contribution in [0.4, 0.5) is 4.79 Å². The summed E-state index contributed by atoms with van der Waals surface area (Å²) in [6.07, 6.45) is 8.71. The Bertz CT molecular complexity index is 1620. The van der Waals surface area contributed by atoms with Crippen molar-refractivity contribution in [1.29, 1.82) is 0 Å². The van der Waals surface area contributed by atoms with E-state index in [1.807, 2.05) is 42.5 Å². The van der Waals surface area contributed by atoms with Gasteiger partial charge in [-0.05, 0) is 74.9 Å². The highest BCUT2D eigenvalue weighted by molar-refractivity contribution is 9.10. The van der Waals surface area contributed by atoms with Gasteiger partial charge < -0.3 is 25.0 Å². The number of allylic oxidation sites excluding steroid dienone is 1. The first-order valence-corrected chi connectivity index (χ1v) is 17.4. The van der Waals surface area contributed by atoms with Gasteiger partial charge in [0.25, 0.3) is 5.56 Å². The fourth-order valence-electron chi connectivity index (χ4n) is 6.48. The van der Waals surface area contributed by atoms with Gasteiger partial charge in [0.1, 0.15) is 23.2 Å². The molecular weight excluding hydrogens is 682 g/mol. The molecule has 1 saturated heterocycles. The van der Waals surface area contributed by atoms with E-state index < -0.39 is 58.7 Å². The molecule has 0 bridgehead atoms. The lowest BCUT2D eigenvalue weighted by Gasteiger charge is -2.30. The van der Waals surface area contributed by atoms with E-state index in [9.17, 15) is 24.0 Å². The summed E-state index contributed by atoms with van der Waals surface area (Å²) in [4.78, 5) is 69.7. The SMILES string of the molecule is CCOC(=O)[C@@]12C[C@H]1C=CCCCCC[C@H](NC(=O)OC(C)(C)C)C(=O)N1C[C@H](n3ncc(-c4ccccc4)c(Br)c3=O)C[C@H]1C(=O)N2. The zero-order chi connectivity index (χ0) is 34.6. The molecule has 5 rings (SSSR count). The molecule has 2 aliphatic heterocycles. The molecule has 0 radical (unpaired) electrons. The van der Waals surface area contributed by atoms with Crippen LogP contribution in [-0.4, -0.2) is 74.9 Å². The number of amides is 3. The predicted octanol–water partition coefficient (Wildman–Crippen LogP) is 4.67. The first-order valence-electron chi connectivity index (χ1n) is 16.6. The van der Waals surface area contributed by atoms with Crippen molar-refractivity contribution in [2.75, 3.05) is 13.2 Å². The molecule has 13 heteroatoms. The Hall–Kier alpha value is -4.00. The minimum atomic E-state index is -1.24. The van der Waals surface area contributed by atoms with E-state index in [0.29, 0.717) is 29.3 Å². The van der Waals surface area contributed by atoms with Crippen LogP contribution in [0.15, 0.2) is 57.9 Å². The number of nitrogens with zero attached hydrogens (tertiary/aromatic N) is 3.